The second kappa shape index (κ2) is 5.91. The van der Waals surface area contributed by atoms with E-state index in [4.69, 9.17) is 0 Å². The monoisotopic (exact) mass is 328 g/mol. The van der Waals surface area contributed by atoms with Crippen molar-refractivity contribution in [1.82, 2.24) is 4.57 Å². The molecule has 1 heterocycles. The molecule has 0 aliphatic carbocycles. The molecule has 0 saturated carbocycles. The van der Waals surface area contributed by atoms with Gasteiger partial charge >= 0.3 is 0 Å². The summed E-state index contributed by atoms with van der Waals surface area (Å²) in [4.78, 5) is 25.2. The highest BCUT2D eigenvalue weighted by atomic mass is 16.2. The van der Waals surface area contributed by atoms with E-state index >= 15 is 0 Å². The van der Waals surface area contributed by atoms with Gasteiger partial charge in [0.1, 0.15) is 0 Å². The quantitative estimate of drug-likeness (QED) is 0.454. The van der Waals surface area contributed by atoms with Crippen LogP contribution in [0.15, 0.2) is 72.9 Å². The van der Waals surface area contributed by atoms with Gasteiger partial charge < -0.3 is 9.88 Å². The fraction of sp³-hybridized carbons (Fsp3) is 0.0476. The van der Waals surface area contributed by atoms with Crippen LogP contribution in [0, 0.1) is 0 Å². The highest BCUT2D eigenvalue weighted by Crippen LogP contribution is 2.24. The first-order valence-corrected chi connectivity index (χ1v) is 8.02. The van der Waals surface area contributed by atoms with Crippen LogP contribution in [0.3, 0.4) is 0 Å². The van der Waals surface area contributed by atoms with E-state index in [0.29, 0.717) is 11.3 Å². The van der Waals surface area contributed by atoms with Crippen molar-refractivity contribution in [3.63, 3.8) is 0 Å². The molecule has 25 heavy (non-hydrogen) atoms. The topological polar surface area (TPSA) is 51.1 Å². The summed E-state index contributed by atoms with van der Waals surface area (Å²) >= 11 is 0. The van der Waals surface area contributed by atoms with Gasteiger partial charge in [0.05, 0.1) is 5.56 Å². The number of para-hydroxylation sites is 1. The van der Waals surface area contributed by atoms with Gasteiger partial charge in [0.25, 0.3) is 11.7 Å². The molecule has 0 bridgehead atoms. The van der Waals surface area contributed by atoms with Crippen molar-refractivity contribution in [3.05, 3.63) is 78.5 Å². The molecule has 0 aliphatic rings. The standard InChI is InChI=1S/C21H16N2O2/c1-23-13-17(16-10-4-5-12-19(16)23)20(24)21(25)22-18-11-6-8-14-7-2-3-9-15(14)18/h2-13H,1H3,(H,22,25). The number of aryl methyl sites for hydroxylation is 1. The van der Waals surface area contributed by atoms with E-state index in [1.54, 1.807) is 12.3 Å². The van der Waals surface area contributed by atoms with Crippen molar-refractivity contribution in [3.8, 4) is 0 Å². The van der Waals surface area contributed by atoms with Gasteiger partial charge in [0, 0.05) is 35.2 Å². The molecule has 1 aromatic heterocycles. The number of benzene rings is 3. The minimum atomic E-state index is -0.632. The molecule has 1 N–H and O–H groups in total. The van der Waals surface area contributed by atoms with Crippen LogP contribution in [0.1, 0.15) is 10.4 Å². The number of fused-ring (bicyclic) bond motifs is 2. The molecule has 122 valence electrons. The van der Waals surface area contributed by atoms with Gasteiger partial charge in [-0.3, -0.25) is 9.59 Å². The number of Topliss-reactive ketones (excluding diaryl/α,β-unsaturated/α-hetero) is 1. The summed E-state index contributed by atoms with van der Waals surface area (Å²) in [6, 6.07) is 20.9. The Hall–Kier alpha value is -3.40. The maximum absolute atomic E-state index is 12.7. The molecular weight excluding hydrogens is 312 g/mol. The minimum absolute atomic E-state index is 0.413. The fourth-order valence-electron chi connectivity index (χ4n) is 3.16. The molecule has 0 aliphatic heterocycles. The first-order chi connectivity index (χ1) is 12.1. The number of rotatable bonds is 3. The summed E-state index contributed by atoms with van der Waals surface area (Å²) in [5.74, 6) is -1.17. The lowest BCUT2D eigenvalue weighted by Crippen LogP contribution is -2.22. The third-order valence-corrected chi connectivity index (χ3v) is 4.39. The number of nitrogens with zero attached hydrogens (tertiary/aromatic N) is 1. The van der Waals surface area contributed by atoms with Gasteiger partial charge in [0.15, 0.2) is 0 Å². The molecular formula is C21H16N2O2. The van der Waals surface area contributed by atoms with Crippen LogP contribution in [0.25, 0.3) is 21.7 Å². The summed E-state index contributed by atoms with van der Waals surface area (Å²) in [6.45, 7) is 0. The average molecular weight is 328 g/mol. The van der Waals surface area contributed by atoms with Gasteiger partial charge in [-0.1, -0.05) is 54.6 Å². The van der Waals surface area contributed by atoms with Crippen molar-refractivity contribution in [2.24, 2.45) is 7.05 Å². The maximum Gasteiger partial charge on any atom is 0.296 e. The van der Waals surface area contributed by atoms with E-state index in [9.17, 15) is 9.59 Å². The number of ketones is 1. The lowest BCUT2D eigenvalue weighted by molar-refractivity contribution is -0.112. The fourth-order valence-corrected chi connectivity index (χ4v) is 3.16. The molecule has 0 saturated heterocycles. The summed E-state index contributed by atoms with van der Waals surface area (Å²) in [7, 11) is 1.86. The van der Waals surface area contributed by atoms with Crippen molar-refractivity contribution in [2.45, 2.75) is 0 Å². The van der Waals surface area contributed by atoms with Crippen LogP contribution >= 0.6 is 0 Å². The van der Waals surface area contributed by atoms with E-state index in [1.807, 2.05) is 72.3 Å². The molecule has 3 aromatic carbocycles. The Morgan fingerprint density at radius 1 is 0.840 bits per heavy atom. The van der Waals surface area contributed by atoms with Gasteiger partial charge in [-0.15, -0.1) is 0 Å². The second-order valence-corrected chi connectivity index (χ2v) is 5.98. The number of anilines is 1. The highest BCUT2D eigenvalue weighted by Gasteiger charge is 2.21. The molecule has 4 nitrogen and oxygen atoms in total. The van der Waals surface area contributed by atoms with Gasteiger partial charge in [0.2, 0.25) is 0 Å². The van der Waals surface area contributed by atoms with Crippen molar-refractivity contribution in [2.75, 3.05) is 5.32 Å². The number of carbonyl (C=O) groups is 2. The lowest BCUT2D eigenvalue weighted by Gasteiger charge is -2.08. The van der Waals surface area contributed by atoms with Crippen LogP contribution in [-0.2, 0) is 11.8 Å². The zero-order valence-corrected chi connectivity index (χ0v) is 13.7. The van der Waals surface area contributed by atoms with Gasteiger partial charge in [-0.2, -0.15) is 0 Å². The molecule has 1 amide bonds. The molecule has 0 radical (unpaired) electrons. The number of hydrogen-bond donors (Lipinski definition) is 1. The van der Waals surface area contributed by atoms with Crippen LogP contribution in [0.4, 0.5) is 5.69 Å². The van der Waals surface area contributed by atoms with E-state index in [-0.39, 0.29) is 0 Å². The van der Waals surface area contributed by atoms with Gasteiger partial charge in [-0.05, 0) is 17.5 Å². The Morgan fingerprint density at radius 3 is 2.36 bits per heavy atom. The van der Waals surface area contributed by atoms with Crippen LogP contribution in [-0.4, -0.2) is 16.3 Å². The van der Waals surface area contributed by atoms with Crippen molar-refractivity contribution < 1.29 is 9.59 Å². The number of carbonyl (C=O) groups excluding carboxylic acids is 2. The third-order valence-electron chi connectivity index (χ3n) is 4.39. The summed E-state index contributed by atoms with van der Waals surface area (Å²) in [5.41, 5.74) is 1.97. The first-order valence-electron chi connectivity index (χ1n) is 8.02. The number of nitrogens with one attached hydrogen (secondary N) is 1. The van der Waals surface area contributed by atoms with Crippen LogP contribution in [0.5, 0.6) is 0 Å². The molecule has 4 rings (SSSR count). The summed E-state index contributed by atoms with van der Waals surface area (Å²) < 4.78 is 1.85. The van der Waals surface area contributed by atoms with Crippen LogP contribution < -0.4 is 5.32 Å². The Labute approximate surface area is 144 Å². The number of amides is 1. The zero-order valence-electron chi connectivity index (χ0n) is 13.7. The highest BCUT2D eigenvalue weighted by molar-refractivity contribution is 6.48. The predicted octanol–water partition coefficient (Wildman–Crippen LogP) is 4.15. The Kier molecular flexibility index (Phi) is 3.58. The number of hydrogen-bond acceptors (Lipinski definition) is 2. The summed E-state index contributed by atoms with van der Waals surface area (Å²) in [5, 5.41) is 5.46. The first kappa shape index (κ1) is 15.1. The third kappa shape index (κ3) is 2.58. The molecule has 0 spiro atoms. The molecule has 4 heteroatoms. The van der Waals surface area contributed by atoms with Crippen molar-refractivity contribution >= 4 is 39.1 Å². The van der Waals surface area contributed by atoms with E-state index < -0.39 is 11.7 Å². The van der Waals surface area contributed by atoms with E-state index in [2.05, 4.69) is 5.32 Å². The zero-order chi connectivity index (χ0) is 17.4. The molecule has 4 aromatic rings. The predicted molar refractivity (Wildman–Crippen MR) is 99.8 cm³/mol. The van der Waals surface area contributed by atoms with Crippen LogP contribution in [0.2, 0.25) is 0 Å². The molecule has 0 atom stereocenters. The van der Waals surface area contributed by atoms with Crippen molar-refractivity contribution in [1.29, 1.82) is 0 Å². The second-order valence-electron chi connectivity index (χ2n) is 5.98. The smallest absolute Gasteiger partial charge is 0.296 e. The Morgan fingerprint density at radius 2 is 1.52 bits per heavy atom. The minimum Gasteiger partial charge on any atom is -0.350 e. The largest absolute Gasteiger partial charge is 0.350 e. The maximum atomic E-state index is 12.7. The molecule has 0 fully saturated rings. The summed E-state index contributed by atoms with van der Waals surface area (Å²) in [6.07, 6.45) is 1.70. The number of aromatic nitrogens is 1. The molecule has 0 unspecified atom stereocenters. The van der Waals surface area contributed by atoms with E-state index in [0.717, 1.165) is 21.7 Å². The van der Waals surface area contributed by atoms with E-state index in [1.165, 1.54) is 0 Å². The normalized spacial score (nSPS) is 10.9. The Bertz CT molecular complexity index is 1120. The van der Waals surface area contributed by atoms with Gasteiger partial charge in [-0.25, -0.2) is 0 Å². The average Bonchev–Trinajstić information content (AvgIpc) is 2.98. The lowest BCUT2D eigenvalue weighted by atomic mass is 10.1. The Balaban J connectivity index is 1.69. The SMILES string of the molecule is Cn1cc(C(=O)C(=O)Nc2cccc3ccccc23)c2ccccc21.